The number of imide groups is 1. The standard InChI is InChI=1S/C20H18N2O7S/c1-4-28-18(23)10-21-19(24)17(30-20(21)25)9-13-5-6-16(29-13)14-7-11(2)12(3)8-15(14)22(26)27/h5-9H,4,10H2,1-3H3/b17-9-. The molecule has 30 heavy (non-hydrogen) atoms. The van der Waals surface area contributed by atoms with Crippen LogP contribution < -0.4 is 0 Å². The molecule has 9 nitrogen and oxygen atoms in total. The molecule has 0 atom stereocenters. The number of aryl methyl sites for hydroxylation is 2. The molecule has 2 aromatic rings. The fourth-order valence-electron chi connectivity index (χ4n) is 2.83. The number of hydrogen-bond acceptors (Lipinski definition) is 8. The van der Waals surface area contributed by atoms with Crippen molar-refractivity contribution in [3.63, 3.8) is 0 Å². The second kappa shape index (κ2) is 8.54. The van der Waals surface area contributed by atoms with E-state index in [-0.39, 0.29) is 28.7 Å². The van der Waals surface area contributed by atoms with Crippen molar-refractivity contribution in [2.75, 3.05) is 13.2 Å². The molecule has 0 saturated carbocycles. The lowest BCUT2D eigenvalue weighted by atomic mass is 10.0. The van der Waals surface area contributed by atoms with E-state index in [2.05, 4.69) is 0 Å². The first-order chi connectivity index (χ1) is 14.2. The zero-order valence-electron chi connectivity index (χ0n) is 16.5. The lowest BCUT2D eigenvalue weighted by Crippen LogP contribution is -2.34. The summed E-state index contributed by atoms with van der Waals surface area (Å²) in [6.07, 6.45) is 1.37. The molecule has 0 bridgehead atoms. The van der Waals surface area contributed by atoms with Crippen molar-refractivity contribution in [2.24, 2.45) is 0 Å². The maximum atomic E-state index is 12.4. The third kappa shape index (κ3) is 4.28. The summed E-state index contributed by atoms with van der Waals surface area (Å²) < 4.78 is 10.5. The van der Waals surface area contributed by atoms with Crippen LogP contribution in [0.2, 0.25) is 0 Å². The van der Waals surface area contributed by atoms with Gasteiger partial charge in [0.2, 0.25) is 0 Å². The first kappa shape index (κ1) is 21.3. The summed E-state index contributed by atoms with van der Waals surface area (Å²) in [5.41, 5.74) is 1.88. The van der Waals surface area contributed by atoms with Gasteiger partial charge in [-0.25, -0.2) is 0 Å². The molecule has 3 rings (SSSR count). The van der Waals surface area contributed by atoms with Gasteiger partial charge in [-0.05, 0) is 61.9 Å². The van der Waals surface area contributed by atoms with E-state index in [1.54, 1.807) is 32.0 Å². The van der Waals surface area contributed by atoms with Crippen LogP contribution in [0.5, 0.6) is 0 Å². The number of esters is 1. The Morgan fingerprint density at radius 3 is 2.63 bits per heavy atom. The minimum absolute atomic E-state index is 0.0831. The zero-order chi connectivity index (χ0) is 22.0. The van der Waals surface area contributed by atoms with Crippen LogP contribution in [0.4, 0.5) is 10.5 Å². The molecule has 2 amide bonds. The molecule has 1 fully saturated rings. The summed E-state index contributed by atoms with van der Waals surface area (Å²) >= 11 is 0.677. The van der Waals surface area contributed by atoms with Crippen LogP contribution in [-0.4, -0.2) is 40.1 Å². The normalized spacial score (nSPS) is 15.2. The maximum absolute atomic E-state index is 12.4. The molecular formula is C20H18N2O7S. The first-order valence-electron chi connectivity index (χ1n) is 8.98. The molecule has 1 aliphatic rings. The van der Waals surface area contributed by atoms with Gasteiger partial charge in [0, 0.05) is 12.1 Å². The first-order valence-corrected chi connectivity index (χ1v) is 9.79. The lowest BCUT2D eigenvalue weighted by molar-refractivity contribution is -0.384. The Kier molecular flexibility index (Phi) is 6.06. The van der Waals surface area contributed by atoms with Crippen molar-refractivity contribution in [1.29, 1.82) is 0 Å². The van der Waals surface area contributed by atoms with Gasteiger partial charge in [-0.1, -0.05) is 0 Å². The van der Waals surface area contributed by atoms with Crippen LogP contribution in [0.1, 0.15) is 23.8 Å². The van der Waals surface area contributed by atoms with Crippen LogP contribution in [-0.2, 0) is 14.3 Å². The van der Waals surface area contributed by atoms with Gasteiger partial charge < -0.3 is 9.15 Å². The van der Waals surface area contributed by atoms with Crippen molar-refractivity contribution < 1.29 is 28.5 Å². The van der Waals surface area contributed by atoms with Gasteiger partial charge >= 0.3 is 5.97 Å². The fraction of sp³-hybridized carbons (Fsp3) is 0.250. The van der Waals surface area contributed by atoms with Crippen molar-refractivity contribution in [3.8, 4) is 11.3 Å². The second-order valence-corrected chi connectivity index (χ2v) is 7.48. The highest BCUT2D eigenvalue weighted by molar-refractivity contribution is 8.18. The number of furan rings is 1. The predicted molar refractivity (Wildman–Crippen MR) is 110 cm³/mol. The van der Waals surface area contributed by atoms with E-state index in [0.717, 1.165) is 16.0 Å². The number of thioether (sulfide) groups is 1. The highest BCUT2D eigenvalue weighted by Crippen LogP contribution is 2.36. The van der Waals surface area contributed by atoms with Gasteiger partial charge in [0.25, 0.3) is 16.8 Å². The van der Waals surface area contributed by atoms with Gasteiger partial charge in [-0.3, -0.25) is 29.4 Å². The molecule has 0 unspecified atom stereocenters. The topological polar surface area (TPSA) is 120 Å². The Hall–Kier alpha value is -3.40. The van der Waals surface area contributed by atoms with E-state index < -0.39 is 28.6 Å². The number of hydrogen-bond donors (Lipinski definition) is 0. The van der Waals surface area contributed by atoms with Crippen LogP contribution in [0.15, 0.2) is 33.6 Å². The monoisotopic (exact) mass is 430 g/mol. The molecule has 0 N–H and O–H groups in total. The highest BCUT2D eigenvalue weighted by Gasteiger charge is 2.37. The summed E-state index contributed by atoms with van der Waals surface area (Å²) in [5.74, 6) is -0.794. The molecule has 0 spiro atoms. The third-order valence-corrected chi connectivity index (χ3v) is 5.35. The number of ether oxygens (including phenoxy) is 1. The predicted octanol–water partition coefficient (Wildman–Crippen LogP) is 4.07. The number of nitro groups is 1. The Labute approximate surface area is 175 Å². The Morgan fingerprint density at radius 2 is 1.97 bits per heavy atom. The number of carbonyl (C=O) groups excluding carboxylic acids is 3. The van der Waals surface area contributed by atoms with Crippen molar-refractivity contribution in [1.82, 2.24) is 4.90 Å². The van der Waals surface area contributed by atoms with Crippen LogP contribution >= 0.6 is 11.8 Å². The third-order valence-electron chi connectivity index (χ3n) is 4.44. The molecule has 1 saturated heterocycles. The van der Waals surface area contributed by atoms with Gasteiger partial charge in [0.15, 0.2) is 0 Å². The van der Waals surface area contributed by atoms with Crippen molar-refractivity contribution in [2.45, 2.75) is 20.8 Å². The number of rotatable bonds is 6. The van der Waals surface area contributed by atoms with Crippen LogP contribution in [0, 0.1) is 24.0 Å². The molecule has 1 aromatic carbocycles. The fourth-order valence-corrected chi connectivity index (χ4v) is 3.64. The zero-order valence-corrected chi connectivity index (χ0v) is 17.3. The minimum Gasteiger partial charge on any atom is -0.465 e. The minimum atomic E-state index is -0.677. The van der Waals surface area contributed by atoms with Crippen LogP contribution in [0.25, 0.3) is 17.4 Å². The molecule has 1 aliphatic heterocycles. The Morgan fingerprint density at radius 1 is 1.27 bits per heavy atom. The van der Waals surface area contributed by atoms with E-state index in [4.69, 9.17) is 9.15 Å². The van der Waals surface area contributed by atoms with E-state index in [1.165, 1.54) is 12.1 Å². The molecular weight excluding hydrogens is 412 g/mol. The molecule has 156 valence electrons. The van der Waals surface area contributed by atoms with Gasteiger partial charge in [0.1, 0.15) is 18.1 Å². The second-order valence-electron chi connectivity index (χ2n) is 6.49. The number of benzene rings is 1. The molecule has 10 heteroatoms. The molecule has 2 heterocycles. The number of carbonyl (C=O) groups is 3. The average molecular weight is 430 g/mol. The van der Waals surface area contributed by atoms with Gasteiger partial charge in [-0.2, -0.15) is 0 Å². The smallest absolute Gasteiger partial charge is 0.326 e. The average Bonchev–Trinajstić information content (AvgIpc) is 3.24. The van der Waals surface area contributed by atoms with Gasteiger partial charge in [0.05, 0.1) is 22.0 Å². The number of nitro benzene ring substituents is 1. The number of amides is 2. The van der Waals surface area contributed by atoms with E-state index in [1.807, 2.05) is 6.92 Å². The van der Waals surface area contributed by atoms with Crippen LogP contribution in [0.3, 0.4) is 0 Å². The summed E-state index contributed by atoms with van der Waals surface area (Å²) in [5, 5.41) is 10.8. The van der Waals surface area contributed by atoms with Crippen molar-refractivity contribution in [3.05, 3.63) is 56.2 Å². The number of nitrogens with zero attached hydrogens (tertiary/aromatic N) is 2. The van der Waals surface area contributed by atoms with Crippen molar-refractivity contribution >= 4 is 40.6 Å². The largest absolute Gasteiger partial charge is 0.465 e. The SMILES string of the molecule is CCOC(=O)CN1C(=O)S/C(=C\c2ccc(-c3cc(C)c(C)cc3[N+](=O)[O-])o2)C1=O. The quantitative estimate of drug-likeness (QED) is 0.291. The maximum Gasteiger partial charge on any atom is 0.326 e. The lowest BCUT2D eigenvalue weighted by Gasteiger charge is -2.10. The summed E-state index contributed by atoms with van der Waals surface area (Å²) in [6, 6.07) is 6.26. The van der Waals surface area contributed by atoms with E-state index in [9.17, 15) is 24.5 Å². The molecule has 0 aliphatic carbocycles. The summed E-state index contributed by atoms with van der Waals surface area (Å²) in [7, 11) is 0. The van der Waals surface area contributed by atoms with E-state index >= 15 is 0 Å². The summed E-state index contributed by atoms with van der Waals surface area (Å²) in [4.78, 5) is 47.9. The Balaban J connectivity index is 1.87. The molecule has 1 aromatic heterocycles. The van der Waals surface area contributed by atoms with E-state index in [0.29, 0.717) is 17.3 Å². The van der Waals surface area contributed by atoms with Gasteiger partial charge in [-0.15, -0.1) is 0 Å². The summed E-state index contributed by atoms with van der Waals surface area (Å²) in [6.45, 7) is 4.93. The highest BCUT2D eigenvalue weighted by atomic mass is 32.2. The molecule has 0 radical (unpaired) electrons. The Bertz CT molecular complexity index is 1090.